The Balaban J connectivity index is 1.22. The lowest BCUT2D eigenvalue weighted by Gasteiger charge is -2.15. The van der Waals surface area contributed by atoms with Gasteiger partial charge in [-0.15, -0.1) is 0 Å². The Morgan fingerprint density at radius 2 is 1.43 bits per heavy atom. The molecule has 0 aromatic heterocycles. The molecule has 0 unspecified atom stereocenters. The first kappa shape index (κ1) is 28.2. The molecule has 0 aliphatic rings. The van der Waals surface area contributed by atoms with Crippen LogP contribution >= 0.6 is 0 Å². The summed E-state index contributed by atoms with van der Waals surface area (Å²) in [5, 5.41) is 6.04. The molecule has 0 heterocycles. The van der Waals surface area contributed by atoms with Crippen molar-refractivity contribution in [2.75, 3.05) is 13.7 Å². The zero-order chi connectivity index (χ0) is 29.1. The summed E-state index contributed by atoms with van der Waals surface area (Å²) >= 11 is 0. The van der Waals surface area contributed by atoms with Gasteiger partial charge in [0.2, 0.25) is 0 Å². The standard InChI is InChI=1S/C35H32N2O5/c1-3-40-34-20-26(22-36-37-35(38)30-15-9-13-28-12-7-8-14-29(28)30)16-18-32(34)42-24-27-17-19-31(33(21-27)39-2)41-23-25-10-5-4-6-11-25/h4-22H,3,23-24H2,1-2H3,(H,37,38)/b36-22+. The number of hydrazone groups is 1. The highest BCUT2D eigenvalue weighted by Gasteiger charge is 2.11. The molecule has 1 N–H and O–H groups in total. The quantitative estimate of drug-likeness (QED) is 0.129. The second kappa shape index (κ2) is 13.9. The van der Waals surface area contributed by atoms with Crippen molar-refractivity contribution in [1.82, 2.24) is 5.43 Å². The van der Waals surface area contributed by atoms with Gasteiger partial charge in [0.15, 0.2) is 23.0 Å². The number of nitrogens with one attached hydrogen (secondary N) is 1. The van der Waals surface area contributed by atoms with Crippen molar-refractivity contribution < 1.29 is 23.7 Å². The minimum Gasteiger partial charge on any atom is -0.493 e. The number of methoxy groups -OCH3 is 1. The van der Waals surface area contributed by atoms with E-state index in [0.29, 0.717) is 48.4 Å². The van der Waals surface area contributed by atoms with Gasteiger partial charge in [-0.3, -0.25) is 4.79 Å². The van der Waals surface area contributed by atoms with E-state index in [1.165, 1.54) is 0 Å². The van der Waals surface area contributed by atoms with Gasteiger partial charge in [0, 0.05) is 5.56 Å². The Labute approximate surface area is 245 Å². The summed E-state index contributed by atoms with van der Waals surface area (Å²) in [6, 6.07) is 34.6. The Bertz CT molecular complexity index is 1680. The van der Waals surface area contributed by atoms with Gasteiger partial charge in [0.05, 0.1) is 19.9 Å². The number of fused-ring (bicyclic) bond motifs is 1. The second-order valence-electron chi connectivity index (χ2n) is 9.41. The van der Waals surface area contributed by atoms with E-state index in [1.54, 1.807) is 19.4 Å². The van der Waals surface area contributed by atoms with Crippen LogP contribution in [-0.4, -0.2) is 25.8 Å². The van der Waals surface area contributed by atoms with Gasteiger partial charge in [0.1, 0.15) is 13.2 Å². The summed E-state index contributed by atoms with van der Waals surface area (Å²) < 4.78 is 23.5. The lowest BCUT2D eigenvalue weighted by Crippen LogP contribution is -2.17. The minimum atomic E-state index is -0.278. The van der Waals surface area contributed by atoms with Crippen LogP contribution in [0.5, 0.6) is 23.0 Å². The van der Waals surface area contributed by atoms with Crippen molar-refractivity contribution in [2.45, 2.75) is 20.1 Å². The van der Waals surface area contributed by atoms with Gasteiger partial charge in [-0.05, 0) is 70.8 Å². The predicted octanol–water partition coefficient (Wildman–Crippen LogP) is 7.17. The van der Waals surface area contributed by atoms with Crippen molar-refractivity contribution >= 4 is 22.9 Å². The maximum Gasteiger partial charge on any atom is 0.271 e. The summed E-state index contributed by atoms with van der Waals surface area (Å²) in [6.45, 7) is 3.14. The third kappa shape index (κ3) is 7.06. The first-order valence-electron chi connectivity index (χ1n) is 13.7. The number of ether oxygens (including phenoxy) is 4. The van der Waals surface area contributed by atoms with E-state index in [4.69, 9.17) is 18.9 Å². The number of hydrogen-bond donors (Lipinski definition) is 1. The summed E-state index contributed by atoms with van der Waals surface area (Å²) in [6.07, 6.45) is 1.58. The molecule has 1 amide bonds. The van der Waals surface area contributed by atoms with Crippen LogP contribution in [0.15, 0.2) is 114 Å². The fourth-order valence-electron chi connectivity index (χ4n) is 4.46. The number of benzene rings is 5. The molecular formula is C35H32N2O5. The van der Waals surface area contributed by atoms with E-state index in [9.17, 15) is 4.79 Å². The normalized spacial score (nSPS) is 10.9. The molecule has 0 saturated carbocycles. The molecule has 0 spiro atoms. The average Bonchev–Trinajstić information content (AvgIpc) is 3.04. The topological polar surface area (TPSA) is 78.4 Å². The molecule has 0 saturated heterocycles. The molecule has 5 aromatic rings. The predicted molar refractivity (Wildman–Crippen MR) is 165 cm³/mol. The lowest BCUT2D eigenvalue weighted by atomic mass is 10.0. The van der Waals surface area contributed by atoms with Gasteiger partial charge in [0.25, 0.3) is 5.91 Å². The van der Waals surface area contributed by atoms with Crippen molar-refractivity contribution in [3.8, 4) is 23.0 Å². The first-order valence-corrected chi connectivity index (χ1v) is 13.7. The Kier molecular flexibility index (Phi) is 9.31. The molecule has 0 fully saturated rings. The number of carbonyl (C=O) groups is 1. The third-order valence-corrected chi connectivity index (χ3v) is 6.54. The zero-order valence-electron chi connectivity index (χ0n) is 23.6. The van der Waals surface area contributed by atoms with Crippen LogP contribution in [0.25, 0.3) is 10.8 Å². The van der Waals surface area contributed by atoms with Crippen LogP contribution in [-0.2, 0) is 13.2 Å². The van der Waals surface area contributed by atoms with Gasteiger partial charge < -0.3 is 18.9 Å². The van der Waals surface area contributed by atoms with Gasteiger partial charge in [-0.2, -0.15) is 5.10 Å². The van der Waals surface area contributed by atoms with Gasteiger partial charge in [-0.25, -0.2) is 5.43 Å². The number of rotatable bonds is 12. The summed E-state index contributed by atoms with van der Waals surface area (Å²) in [5.41, 5.74) is 5.94. The number of amides is 1. The van der Waals surface area contributed by atoms with E-state index < -0.39 is 0 Å². The Morgan fingerprint density at radius 1 is 0.714 bits per heavy atom. The van der Waals surface area contributed by atoms with Crippen molar-refractivity contribution in [3.05, 3.63) is 131 Å². The Morgan fingerprint density at radius 3 is 2.24 bits per heavy atom. The highest BCUT2D eigenvalue weighted by atomic mass is 16.5. The molecule has 0 radical (unpaired) electrons. The molecule has 0 aliphatic heterocycles. The van der Waals surface area contributed by atoms with Crippen LogP contribution in [0.4, 0.5) is 0 Å². The monoisotopic (exact) mass is 560 g/mol. The smallest absolute Gasteiger partial charge is 0.271 e. The average molecular weight is 561 g/mol. The summed E-state index contributed by atoms with van der Waals surface area (Å²) in [5.74, 6) is 2.19. The fourth-order valence-corrected chi connectivity index (χ4v) is 4.46. The molecule has 5 aromatic carbocycles. The summed E-state index contributed by atoms with van der Waals surface area (Å²) in [4.78, 5) is 12.8. The second-order valence-corrected chi connectivity index (χ2v) is 9.41. The first-order chi connectivity index (χ1) is 20.6. The molecule has 5 rings (SSSR count). The minimum absolute atomic E-state index is 0.278. The SMILES string of the molecule is CCOc1cc(/C=N/NC(=O)c2cccc3ccccc23)ccc1OCc1ccc(OCc2ccccc2)c(OC)c1. The molecule has 7 heteroatoms. The van der Waals surface area contributed by atoms with Crippen LogP contribution in [0, 0.1) is 0 Å². The molecule has 42 heavy (non-hydrogen) atoms. The largest absolute Gasteiger partial charge is 0.493 e. The molecule has 0 aliphatic carbocycles. The number of carbonyl (C=O) groups excluding carboxylic acids is 1. The Hall–Kier alpha value is -5.30. The zero-order valence-corrected chi connectivity index (χ0v) is 23.6. The maximum atomic E-state index is 12.8. The van der Waals surface area contributed by atoms with Crippen LogP contribution in [0.2, 0.25) is 0 Å². The van der Waals surface area contributed by atoms with Crippen LogP contribution in [0.3, 0.4) is 0 Å². The summed E-state index contributed by atoms with van der Waals surface area (Å²) in [7, 11) is 1.62. The van der Waals surface area contributed by atoms with Crippen LogP contribution in [0.1, 0.15) is 34.0 Å². The van der Waals surface area contributed by atoms with Crippen molar-refractivity contribution in [1.29, 1.82) is 0 Å². The van der Waals surface area contributed by atoms with E-state index in [2.05, 4.69) is 10.5 Å². The van der Waals surface area contributed by atoms with E-state index in [1.807, 2.05) is 110 Å². The highest BCUT2D eigenvalue weighted by Crippen LogP contribution is 2.32. The van der Waals surface area contributed by atoms with Gasteiger partial charge in [-0.1, -0.05) is 72.8 Å². The van der Waals surface area contributed by atoms with E-state index in [-0.39, 0.29) is 5.91 Å². The van der Waals surface area contributed by atoms with Crippen LogP contribution < -0.4 is 24.4 Å². The molecular weight excluding hydrogens is 528 g/mol. The number of nitrogens with zero attached hydrogens (tertiary/aromatic N) is 1. The van der Waals surface area contributed by atoms with E-state index >= 15 is 0 Å². The van der Waals surface area contributed by atoms with Crippen molar-refractivity contribution in [2.24, 2.45) is 5.10 Å². The molecule has 0 bridgehead atoms. The molecule has 0 atom stereocenters. The number of hydrogen-bond acceptors (Lipinski definition) is 6. The van der Waals surface area contributed by atoms with Crippen molar-refractivity contribution in [3.63, 3.8) is 0 Å². The molecule has 7 nitrogen and oxygen atoms in total. The molecule has 212 valence electrons. The van der Waals surface area contributed by atoms with E-state index in [0.717, 1.165) is 27.5 Å². The third-order valence-electron chi connectivity index (χ3n) is 6.54. The lowest BCUT2D eigenvalue weighted by molar-refractivity contribution is 0.0957. The van der Waals surface area contributed by atoms with Gasteiger partial charge >= 0.3 is 0 Å². The highest BCUT2D eigenvalue weighted by molar-refractivity contribution is 6.07. The maximum absolute atomic E-state index is 12.8. The fraction of sp³-hybridized carbons (Fsp3) is 0.143.